The molecule has 0 saturated carbocycles. The lowest BCUT2D eigenvalue weighted by Gasteiger charge is -2.33. The Hall–Kier alpha value is -1.91. The predicted octanol–water partition coefficient (Wildman–Crippen LogP) is 1.73. The summed E-state index contributed by atoms with van der Waals surface area (Å²) in [4.78, 5) is 24.7. The monoisotopic (exact) mass is 264 g/mol. The van der Waals surface area contributed by atoms with Crippen LogP contribution in [-0.2, 0) is 4.79 Å². The first-order valence-electron chi connectivity index (χ1n) is 6.34. The summed E-state index contributed by atoms with van der Waals surface area (Å²) in [6, 6.07) is 4.23. The van der Waals surface area contributed by atoms with Crippen LogP contribution in [0.3, 0.4) is 0 Å². The third-order valence-electron chi connectivity index (χ3n) is 3.58. The van der Waals surface area contributed by atoms with Crippen molar-refractivity contribution in [3.8, 4) is 0 Å². The predicted molar refractivity (Wildman–Crippen MR) is 70.5 cm³/mol. The minimum absolute atomic E-state index is 0.0996. The van der Waals surface area contributed by atoms with Gasteiger partial charge in [-0.3, -0.25) is 9.59 Å². The molecule has 1 fully saturated rings. The van der Waals surface area contributed by atoms with Gasteiger partial charge in [0.25, 0.3) is 0 Å². The van der Waals surface area contributed by atoms with Gasteiger partial charge in [-0.1, -0.05) is 0 Å². The second-order valence-electron chi connectivity index (χ2n) is 4.88. The molecule has 0 aromatic heterocycles. The molecule has 19 heavy (non-hydrogen) atoms. The smallest absolute Gasteiger partial charge is 0.220 e. The molecule has 0 unspecified atom stereocenters. The van der Waals surface area contributed by atoms with Gasteiger partial charge in [-0.25, -0.2) is 4.39 Å². The number of carbonyl (C=O) groups is 2. The Kier molecular flexibility index (Phi) is 3.83. The molecule has 0 atom stereocenters. The van der Waals surface area contributed by atoms with E-state index in [1.807, 2.05) is 4.90 Å². The molecule has 4 nitrogen and oxygen atoms in total. The van der Waals surface area contributed by atoms with Crippen LogP contribution in [0.2, 0.25) is 0 Å². The number of nitrogens with two attached hydrogens (primary N) is 1. The van der Waals surface area contributed by atoms with E-state index in [0.29, 0.717) is 31.5 Å². The van der Waals surface area contributed by atoms with Gasteiger partial charge in [0, 0.05) is 30.3 Å². The number of nitrogens with zero attached hydrogens (tertiary/aromatic N) is 1. The van der Waals surface area contributed by atoms with Crippen molar-refractivity contribution in [1.29, 1.82) is 0 Å². The highest BCUT2D eigenvalue weighted by atomic mass is 19.1. The molecule has 1 aromatic carbocycles. The van der Waals surface area contributed by atoms with Gasteiger partial charge in [0.1, 0.15) is 5.82 Å². The van der Waals surface area contributed by atoms with Crippen LogP contribution in [-0.4, -0.2) is 24.8 Å². The SMILES string of the molecule is CC(=O)c1cc(F)ccc1N1CCC(C(N)=O)CC1. The molecular formula is C14H17FN2O2. The van der Waals surface area contributed by atoms with E-state index in [1.54, 1.807) is 6.07 Å². The van der Waals surface area contributed by atoms with Gasteiger partial charge in [-0.05, 0) is 38.0 Å². The third kappa shape index (κ3) is 2.92. The van der Waals surface area contributed by atoms with E-state index in [4.69, 9.17) is 5.73 Å². The minimum Gasteiger partial charge on any atom is -0.371 e. The summed E-state index contributed by atoms with van der Waals surface area (Å²) >= 11 is 0. The Morgan fingerprint density at radius 2 is 1.95 bits per heavy atom. The summed E-state index contributed by atoms with van der Waals surface area (Å²) in [6.07, 6.45) is 1.34. The molecule has 2 N–H and O–H groups in total. The topological polar surface area (TPSA) is 63.4 Å². The van der Waals surface area contributed by atoms with E-state index < -0.39 is 5.82 Å². The quantitative estimate of drug-likeness (QED) is 0.846. The first-order valence-corrected chi connectivity index (χ1v) is 6.34. The van der Waals surface area contributed by atoms with Crippen molar-refractivity contribution in [2.45, 2.75) is 19.8 Å². The Morgan fingerprint density at radius 3 is 2.47 bits per heavy atom. The first kappa shape index (κ1) is 13.5. The molecule has 0 radical (unpaired) electrons. The lowest BCUT2D eigenvalue weighted by molar-refractivity contribution is -0.122. The average Bonchev–Trinajstić information content (AvgIpc) is 2.38. The first-order chi connectivity index (χ1) is 8.99. The van der Waals surface area contributed by atoms with E-state index in [0.717, 1.165) is 5.69 Å². The highest BCUT2D eigenvalue weighted by molar-refractivity contribution is 5.99. The standard InChI is InChI=1S/C14H17FN2O2/c1-9(18)12-8-11(15)2-3-13(12)17-6-4-10(5-7-17)14(16)19/h2-3,8,10H,4-7H2,1H3,(H2,16,19). The van der Waals surface area contributed by atoms with E-state index in [-0.39, 0.29) is 17.6 Å². The summed E-state index contributed by atoms with van der Waals surface area (Å²) in [7, 11) is 0. The zero-order chi connectivity index (χ0) is 14.0. The van der Waals surface area contributed by atoms with Crippen LogP contribution >= 0.6 is 0 Å². The number of Topliss-reactive ketones (excluding diaryl/α,β-unsaturated/α-hetero) is 1. The fourth-order valence-electron chi connectivity index (χ4n) is 2.47. The van der Waals surface area contributed by atoms with E-state index >= 15 is 0 Å². The number of primary amides is 1. The average molecular weight is 264 g/mol. The summed E-state index contributed by atoms with van der Waals surface area (Å²) in [5.74, 6) is -0.949. The molecule has 1 amide bonds. The Bertz CT molecular complexity index is 508. The Balaban J connectivity index is 2.20. The van der Waals surface area contributed by atoms with E-state index in [1.165, 1.54) is 19.1 Å². The fourth-order valence-corrected chi connectivity index (χ4v) is 2.47. The molecule has 1 aromatic rings. The summed E-state index contributed by atoms with van der Waals surface area (Å²) in [5, 5.41) is 0. The summed E-state index contributed by atoms with van der Waals surface area (Å²) in [6.45, 7) is 2.73. The lowest BCUT2D eigenvalue weighted by atomic mass is 9.95. The molecule has 102 valence electrons. The van der Waals surface area contributed by atoms with Crippen LogP contribution in [0.1, 0.15) is 30.1 Å². The number of rotatable bonds is 3. The van der Waals surface area contributed by atoms with Gasteiger partial charge in [0.15, 0.2) is 5.78 Å². The van der Waals surface area contributed by atoms with Crippen LogP contribution in [0.15, 0.2) is 18.2 Å². The van der Waals surface area contributed by atoms with Crippen molar-refractivity contribution in [1.82, 2.24) is 0 Å². The number of carbonyl (C=O) groups excluding carboxylic acids is 2. The number of amides is 1. The number of anilines is 1. The van der Waals surface area contributed by atoms with Crippen LogP contribution in [0.4, 0.5) is 10.1 Å². The number of hydrogen-bond acceptors (Lipinski definition) is 3. The molecule has 1 saturated heterocycles. The molecule has 0 aliphatic carbocycles. The number of halogens is 1. The number of ketones is 1. The van der Waals surface area contributed by atoms with Gasteiger partial charge in [-0.2, -0.15) is 0 Å². The third-order valence-corrected chi connectivity index (χ3v) is 3.58. The summed E-state index contributed by atoms with van der Waals surface area (Å²) in [5.41, 5.74) is 6.41. The summed E-state index contributed by atoms with van der Waals surface area (Å²) < 4.78 is 13.2. The van der Waals surface area contributed by atoms with Crippen LogP contribution in [0, 0.1) is 11.7 Å². The molecule has 1 aliphatic rings. The van der Waals surface area contributed by atoms with E-state index in [9.17, 15) is 14.0 Å². The molecule has 1 aliphatic heterocycles. The van der Waals surface area contributed by atoms with E-state index in [2.05, 4.69) is 0 Å². The zero-order valence-electron chi connectivity index (χ0n) is 10.9. The van der Waals surface area contributed by atoms with Crippen LogP contribution in [0.25, 0.3) is 0 Å². The van der Waals surface area contributed by atoms with Crippen molar-refractivity contribution in [2.75, 3.05) is 18.0 Å². The van der Waals surface area contributed by atoms with Gasteiger partial charge in [-0.15, -0.1) is 0 Å². The maximum absolute atomic E-state index is 13.2. The highest BCUT2D eigenvalue weighted by Crippen LogP contribution is 2.27. The number of hydrogen-bond donors (Lipinski definition) is 1. The normalized spacial score (nSPS) is 16.4. The molecule has 2 rings (SSSR count). The van der Waals surface area contributed by atoms with Gasteiger partial charge in [0.2, 0.25) is 5.91 Å². The van der Waals surface area contributed by atoms with Crippen molar-refractivity contribution < 1.29 is 14.0 Å². The van der Waals surface area contributed by atoms with Crippen LogP contribution in [0.5, 0.6) is 0 Å². The molecular weight excluding hydrogens is 247 g/mol. The lowest BCUT2D eigenvalue weighted by Crippen LogP contribution is -2.39. The number of piperidine rings is 1. The number of benzene rings is 1. The van der Waals surface area contributed by atoms with Gasteiger partial charge < -0.3 is 10.6 Å². The second kappa shape index (κ2) is 5.38. The molecule has 0 spiro atoms. The maximum Gasteiger partial charge on any atom is 0.220 e. The zero-order valence-corrected chi connectivity index (χ0v) is 10.9. The van der Waals surface area contributed by atoms with Crippen molar-refractivity contribution in [3.63, 3.8) is 0 Å². The second-order valence-corrected chi connectivity index (χ2v) is 4.88. The molecule has 5 heteroatoms. The van der Waals surface area contributed by atoms with Crippen molar-refractivity contribution in [3.05, 3.63) is 29.6 Å². The molecule has 1 heterocycles. The van der Waals surface area contributed by atoms with Gasteiger partial charge in [0.05, 0.1) is 0 Å². The minimum atomic E-state index is -0.416. The Morgan fingerprint density at radius 1 is 1.32 bits per heavy atom. The van der Waals surface area contributed by atoms with Crippen molar-refractivity contribution in [2.24, 2.45) is 11.7 Å². The fraction of sp³-hybridized carbons (Fsp3) is 0.429. The highest BCUT2D eigenvalue weighted by Gasteiger charge is 2.25. The van der Waals surface area contributed by atoms with Gasteiger partial charge >= 0.3 is 0 Å². The Labute approximate surface area is 111 Å². The largest absolute Gasteiger partial charge is 0.371 e. The maximum atomic E-state index is 13.2. The van der Waals surface area contributed by atoms with Crippen LogP contribution < -0.4 is 10.6 Å². The molecule has 0 bridgehead atoms. The van der Waals surface area contributed by atoms with Crippen molar-refractivity contribution >= 4 is 17.4 Å².